The fraction of sp³-hybridized carbons (Fsp3) is 0.667. The summed E-state index contributed by atoms with van der Waals surface area (Å²) in [6, 6.07) is 0. The molecule has 0 fully saturated rings. The first kappa shape index (κ1) is 17.0. The second-order valence-corrected chi connectivity index (χ2v) is 2.37. The fourth-order valence-electron chi connectivity index (χ4n) is 0.609. The fourth-order valence-corrected chi connectivity index (χ4v) is 0.609. The molecule has 0 rings (SSSR count). The molecule has 0 aliphatic carbocycles. The number of rotatable bonds is 5. The van der Waals surface area contributed by atoms with Crippen LogP contribution in [0.1, 0.15) is 0 Å². The van der Waals surface area contributed by atoms with Crippen molar-refractivity contribution in [1.29, 1.82) is 0 Å². The van der Waals surface area contributed by atoms with E-state index in [1.54, 1.807) is 0 Å². The van der Waals surface area contributed by atoms with Crippen molar-refractivity contribution in [3.63, 3.8) is 0 Å². The molecule has 0 aromatic rings. The molecule has 8 heteroatoms. The van der Waals surface area contributed by atoms with E-state index < -0.39 is 30.4 Å². The number of carbonyl (C=O) groups is 2. The zero-order valence-corrected chi connectivity index (χ0v) is 10.5. The molecule has 14 heavy (non-hydrogen) atoms. The van der Waals surface area contributed by atoms with Crippen LogP contribution in [0.25, 0.3) is 0 Å². The summed E-state index contributed by atoms with van der Waals surface area (Å²) >= 11 is 0. The van der Waals surface area contributed by atoms with Gasteiger partial charge in [0.1, 0.15) is 24.4 Å². The summed E-state index contributed by atoms with van der Waals surface area (Å²) in [5.74, 6) is -2.01. The molecule has 0 aliphatic rings. The largest absolute Gasteiger partial charge is 1.00 e. The third-order valence-corrected chi connectivity index (χ3v) is 1.40. The van der Waals surface area contributed by atoms with Crippen molar-refractivity contribution in [2.24, 2.45) is 0 Å². The van der Waals surface area contributed by atoms with E-state index in [1.165, 1.54) is 0 Å². The Balaban J connectivity index is 0. The predicted octanol–water partition coefficient (Wildman–Crippen LogP) is -7.62. The molecule has 4 N–H and O–H groups in total. The van der Waals surface area contributed by atoms with Gasteiger partial charge in [0.05, 0.1) is 5.97 Å². The molecule has 0 aliphatic heterocycles. The number of aliphatic hydroxyl groups is 4. The summed E-state index contributed by atoms with van der Waals surface area (Å²) in [5, 5.41) is 44.8. The van der Waals surface area contributed by atoms with Crippen LogP contribution in [0.4, 0.5) is 0 Å². The summed E-state index contributed by atoms with van der Waals surface area (Å²) in [5.41, 5.74) is 0. The minimum absolute atomic E-state index is 0. The van der Waals surface area contributed by atoms with Gasteiger partial charge in [0.2, 0.25) is 0 Å². The van der Waals surface area contributed by atoms with Crippen LogP contribution in [0.3, 0.4) is 0 Å². The molecule has 0 bridgehead atoms. The van der Waals surface area contributed by atoms with Crippen LogP contribution in [-0.4, -0.2) is 57.1 Å². The van der Waals surface area contributed by atoms with E-state index in [2.05, 4.69) is 0 Å². The predicted molar refractivity (Wildman–Crippen MR) is 35.1 cm³/mol. The Morgan fingerprint density at radius 3 is 1.86 bits per heavy atom. The maximum Gasteiger partial charge on any atom is 1.00 e. The van der Waals surface area contributed by atoms with Gasteiger partial charge in [-0.15, -0.1) is 0 Å². The number of aliphatic carboxylic acids is 1. The normalized spacial score (nSPS) is 18.6. The molecule has 4 atom stereocenters. The van der Waals surface area contributed by atoms with Gasteiger partial charge in [0.15, 0.2) is 6.29 Å². The second kappa shape index (κ2) is 7.85. The first-order chi connectivity index (χ1) is 5.91. The summed E-state index contributed by atoms with van der Waals surface area (Å²) in [6.07, 6.45) is -8.65. The van der Waals surface area contributed by atoms with Gasteiger partial charge < -0.3 is 35.1 Å². The van der Waals surface area contributed by atoms with Crippen LogP contribution in [0.2, 0.25) is 0 Å². The maximum absolute atomic E-state index is 9.95. The van der Waals surface area contributed by atoms with Crippen molar-refractivity contribution < 1.29 is 86.5 Å². The molecule has 76 valence electrons. The Kier molecular flexibility index (Phi) is 9.55. The third kappa shape index (κ3) is 4.91. The SMILES string of the molecule is O=C[C@H](O)[C@H](O)[C@@H](O)[C@H](O)C(=O)[O-].[K+]. The molecular formula is C6H9KO7. The quantitative estimate of drug-likeness (QED) is 0.273. The molecule has 0 heterocycles. The number of hydrogen-bond donors (Lipinski definition) is 4. The smallest absolute Gasteiger partial charge is 0.547 e. The zero-order valence-electron chi connectivity index (χ0n) is 7.40. The number of carbonyl (C=O) groups excluding carboxylic acids is 2. The van der Waals surface area contributed by atoms with Crippen molar-refractivity contribution in [2.45, 2.75) is 24.4 Å². The van der Waals surface area contributed by atoms with Gasteiger partial charge in [0.25, 0.3) is 0 Å². The summed E-state index contributed by atoms with van der Waals surface area (Å²) in [6.45, 7) is 0. The monoisotopic (exact) mass is 232 g/mol. The Bertz CT molecular complexity index is 197. The van der Waals surface area contributed by atoms with Crippen LogP contribution in [0.5, 0.6) is 0 Å². The zero-order chi connectivity index (χ0) is 10.6. The van der Waals surface area contributed by atoms with Gasteiger partial charge >= 0.3 is 51.4 Å². The minimum atomic E-state index is -2.36. The van der Waals surface area contributed by atoms with Crippen LogP contribution < -0.4 is 56.5 Å². The molecule has 0 amide bonds. The van der Waals surface area contributed by atoms with E-state index in [9.17, 15) is 14.7 Å². The van der Waals surface area contributed by atoms with Crippen molar-refractivity contribution >= 4 is 12.3 Å². The number of aliphatic hydroxyl groups excluding tert-OH is 4. The van der Waals surface area contributed by atoms with Crippen LogP contribution in [0, 0.1) is 0 Å². The van der Waals surface area contributed by atoms with E-state index in [0.29, 0.717) is 0 Å². The van der Waals surface area contributed by atoms with Crippen molar-refractivity contribution in [2.75, 3.05) is 0 Å². The van der Waals surface area contributed by atoms with Crippen molar-refractivity contribution in [1.82, 2.24) is 0 Å². The summed E-state index contributed by atoms with van der Waals surface area (Å²) in [7, 11) is 0. The Labute approximate surface area is 122 Å². The standard InChI is InChI=1S/C6H10O7.K/c7-1-2(8)3(9)4(10)5(11)6(12)13;/h1-5,8-11H,(H,12,13);/q;+1/p-1/t2-,3-,4+,5-;/m0./s1. The average Bonchev–Trinajstić information content (AvgIpc) is 2.12. The summed E-state index contributed by atoms with van der Waals surface area (Å²) < 4.78 is 0. The van der Waals surface area contributed by atoms with E-state index in [-0.39, 0.29) is 57.7 Å². The maximum atomic E-state index is 9.95. The average molecular weight is 232 g/mol. The first-order valence-corrected chi connectivity index (χ1v) is 3.30. The van der Waals surface area contributed by atoms with Gasteiger partial charge in [-0.1, -0.05) is 0 Å². The number of carboxylic acids is 1. The van der Waals surface area contributed by atoms with Crippen LogP contribution >= 0.6 is 0 Å². The topological polar surface area (TPSA) is 138 Å². The number of hydrogen-bond acceptors (Lipinski definition) is 7. The van der Waals surface area contributed by atoms with Gasteiger partial charge in [-0.05, 0) is 0 Å². The van der Waals surface area contributed by atoms with E-state index in [4.69, 9.17) is 20.4 Å². The van der Waals surface area contributed by atoms with Gasteiger partial charge in [-0.3, -0.25) is 0 Å². The van der Waals surface area contributed by atoms with Crippen molar-refractivity contribution in [3.8, 4) is 0 Å². The molecule has 0 saturated carbocycles. The summed E-state index contributed by atoms with van der Waals surface area (Å²) in [4.78, 5) is 19.8. The molecule has 0 aromatic carbocycles. The number of aldehydes is 1. The first-order valence-electron chi connectivity index (χ1n) is 3.30. The number of carboxylic acid groups (broad SMARTS) is 1. The molecule has 7 nitrogen and oxygen atoms in total. The molecule has 0 radical (unpaired) electrons. The van der Waals surface area contributed by atoms with Gasteiger partial charge in [0, 0.05) is 0 Å². The minimum Gasteiger partial charge on any atom is -0.547 e. The van der Waals surface area contributed by atoms with Gasteiger partial charge in [-0.25, -0.2) is 0 Å². The molecule has 0 saturated heterocycles. The Morgan fingerprint density at radius 2 is 1.57 bits per heavy atom. The Morgan fingerprint density at radius 1 is 1.14 bits per heavy atom. The van der Waals surface area contributed by atoms with Crippen molar-refractivity contribution in [3.05, 3.63) is 0 Å². The van der Waals surface area contributed by atoms with Gasteiger partial charge in [-0.2, -0.15) is 0 Å². The van der Waals surface area contributed by atoms with E-state index in [1.807, 2.05) is 0 Å². The molecule has 0 aromatic heterocycles. The molecule has 0 spiro atoms. The molecular weight excluding hydrogens is 223 g/mol. The third-order valence-electron chi connectivity index (χ3n) is 1.40. The Hall–Kier alpha value is 0.616. The van der Waals surface area contributed by atoms with E-state index in [0.717, 1.165) is 0 Å². The second-order valence-electron chi connectivity index (χ2n) is 2.37. The van der Waals surface area contributed by atoms with Crippen LogP contribution in [-0.2, 0) is 9.59 Å². The van der Waals surface area contributed by atoms with Crippen LogP contribution in [0.15, 0.2) is 0 Å². The van der Waals surface area contributed by atoms with E-state index >= 15 is 0 Å². The molecule has 0 unspecified atom stereocenters.